The molecule has 0 radical (unpaired) electrons. The monoisotopic (exact) mass is 375 g/mol. The number of fused-ring (bicyclic) bond motifs is 1. The van der Waals surface area contributed by atoms with Crippen molar-refractivity contribution in [2.75, 3.05) is 19.0 Å². The molecule has 0 aromatic heterocycles. The maximum Gasteiger partial charge on any atom is 0.265 e. The molecule has 138 valence electrons. The number of halogens is 1. The van der Waals surface area contributed by atoms with Gasteiger partial charge in [0.25, 0.3) is 5.91 Å². The molecule has 1 aliphatic heterocycles. The van der Waals surface area contributed by atoms with E-state index in [4.69, 9.17) is 25.8 Å². The zero-order valence-electron chi connectivity index (χ0n) is 14.9. The van der Waals surface area contributed by atoms with E-state index in [9.17, 15) is 4.79 Å². The minimum Gasteiger partial charge on any atom is -0.497 e. The minimum atomic E-state index is -0.599. The number of hydrogen-bond donors (Lipinski definition) is 1. The van der Waals surface area contributed by atoms with Gasteiger partial charge in [0.1, 0.15) is 17.2 Å². The summed E-state index contributed by atoms with van der Waals surface area (Å²) in [6.07, 6.45) is 1.87. The standard InChI is InChI=1S/C20H22ClNO4/c1-3-4-9-25-18-8-6-15(24-2)12-16(18)22-20(23)19-11-13-10-14(21)5-7-17(13)26-19/h5-8,10,12,19H,3-4,9,11H2,1-2H3,(H,22,23). The molecule has 1 atom stereocenters. The van der Waals surface area contributed by atoms with Crippen molar-refractivity contribution >= 4 is 23.2 Å². The molecule has 1 unspecified atom stereocenters. The molecule has 1 aliphatic rings. The molecular formula is C20H22ClNO4. The lowest BCUT2D eigenvalue weighted by atomic mass is 10.1. The zero-order valence-corrected chi connectivity index (χ0v) is 15.6. The Morgan fingerprint density at radius 2 is 2.15 bits per heavy atom. The molecule has 1 heterocycles. The summed E-state index contributed by atoms with van der Waals surface area (Å²) < 4.78 is 16.8. The van der Waals surface area contributed by atoms with Crippen LogP contribution >= 0.6 is 11.6 Å². The van der Waals surface area contributed by atoms with Crippen molar-refractivity contribution in [3.63, 3.8) is 0 Å². The largest absolute Gasteiger partial charge is 0.497 e. The number of amides is 1. The van der Waals surface area contributed by atoms with Crippen LogP contribution in [0.15, 0.2) is 36.4 Å². The second kappa shape index (κ2) is 8.32. The normalized spacial score (nSPS) is 15.1. The topological polar surface area (TPSA) is 56.8 Å². The highest BCUT2D eigenvalue weighted by molar-refractivity contribution is 6.30. The smallest absolute Gasteiger partial charge is 0.265 e. The number of carbonyl (C=O) groups excluding carboxylic acids is 1. The van der Waals surface area contributed by atoms with E-state index >= 15 is 0 Å². The average molecular weight is 376 g/mol. The van der Waals surface area contributed by atoms with Crippen LogP contribution in [-0.4, -0.2) is 25.7 Å². The van der Waals surface area contributed by atoms with Crippen LogP contribution in [0, 0.1) is 0 Å². The van der Waals surface area contributed by atoms with Gasteiger partial charge in [-0.25, -0.2) is 0 Å². The van der Waals surface area contributed by atoms with Crippen molar-refractivity contribution in [1.82, 2.24) is 0 Å². The maximum absolute atomic E-state index is 12.7. The fourth-order valence-electron chi connectivity index (χ4n) is 2.76. The molecule has 1 amide bonds. The summed E-state index contributed by atoms with van der Waals surface area (Å²) in [6, 6.07) is 10.7. The first kappa shape index (κ1) is 18.4. The van der Waals surface area contributed by atoms with E-state index in [1.165, 1.54) is 0 Å². The Morgan fingerprint density at radius 3 is 2.92 bits per heavy atom. The van der Waals surface area contributed by atoms with Gasteiger partial charge < -0.3 is 19.5 Å². The average Bonchev–Trinajstić information content (AvgIpc) is 3.06. The first-order chi connectivity index (χ1) is 12.6. The Morgan fingerprint density at radius 1 is 1.31 bits per heavy atom. The summed E-state index contributed by atoms with van der Waals surface area (Å²) in [7, 11) is 1.58. The summed E-state index contributed by atoms with van der Waals surface area (Å²) >= 11 is 6.01. The lowest BCUT2D eigenvalue weighted by molar-refractivity contribution is -0.122. The van der Waals surface area contributed by atoms with Crippen LogP contribution in [0.1, 0.15) is 25.3 Å². The highest BCUT2D eigenvalue weighted by Gasteiger charge is 2.29. The summed E-state index contributed by atoms with van der Waals surface area (Å²) in [5.74, 6) is 1.72. The molecule has 2 aromatic carbocycles. The molecule has 0 bridgehead atoms. The highest BCUT2D eigenvalue weighted by atomic mass is 35.5. The molecule has 0 fully saturated rings. The zero-order chi connectivity index (χ0) is 18.5. The molecule has 1 N–H and O–H groups in total. The van der Waals surface area contributed by atoms with Crippen molar-refractivity contribution in [3.05, 3.63) is 47.0 Å². The maximum atomic E-state index is 12.7. The second-order valence-corrected chi connectivity index (χ2v) is 6.55. The number of hydrogen-bond acceptors (Lipinski definition) is 4. The molecule has 0 aliphatic carbocycles. The van der Waals surface area contributed by atoms with Gasteiger partial charge in [-0.05, 0) is 42.3 Å². The van der Waals surface area contributed by atoms with Crippen molar-refractivity contribution in [1.29, 1.82) is 0 Å². The van der Waals surface area contributed by atoms with Gasteiger partial charge >= 0.3 is 0 Å². The van der Waals surface area contributed by atoms with Crippen LogP contribution in [0.25, 0.3) is 0 Å². The Labute approximate surface area is 158 Å². The van der Waals surface area contributed by atoms with Crippen molar-refractivity contribution in [2.45, 2.75) is 32.3 Å². The molecule has 6 heteroatoms. The van der Waals surface area contributed by atoms with Crippen molar-refractivity contribution in [2.24, 2.45) is 0 Å². The lowest BCUT2D eigenvalue weighted by Crippen LogP contribution is -2.31. The Hall–Kier alpha value is -2.40. The quantitative estimate of drug-likeness (QED) is 0.725. The number of ether oxygens (including phenoxy) is 3. The lowest BCUT2D eigenvalue weighted by Gasteiger charge is -2.16. The van der Waals surface area contributed by atoms with Crippen LogP contribution < -0.4 is 19.5 Å². The number of rotatable bonds is 7. The first-order valence-electron chi connectivity index (χ1n) is 8.67. The predicted octanol–water partition coefficient (Wildman–Crippen LogP) is 4.47. The molecular weight excluding hydrogens is 354 g/mol. The van der Waals surface area contributed by atoms with E-state index in [0.717, 1.165) is 18.4 Å². The van der Waals surface area contributed by atoms with E-state index in [2.05, 4.69) is 12.2 Å². The van der Waals surface area contributed by atoms with Crippen LogP contribution in [0.4, 0.5) is 5.69 Å². The third-order valence-electron chi connectivity index (χ3n) is 4.19. The highest BCUT2D eigenvalue weighted by Crippen LogP contribution is 2.33. The van der Waals surface area contributed by atoms with E-state index in [0.29, 0.717) is 41.0 Å². The fraction of sp³-hybridized carbons (Fsp3) is 0.350. The predicted molar refractivity (Wildman–Crippen MR) is 102 cm³/mol. The number of benzene rings is 2. The van der Waals surface area contributed by atoms with Crippen molar-refractivity contribution < 1.29 is 19.0 Å². The molecule has 0 spiro atoms. The van der Waals surface area contributed by atoms with E-state index in [1.54, 1.807) is 37.4 Å². The SMILES string of the molecule is CCCCOc1ccc(OC)cc1NC(=O)C1Cc2cc(Cl)ccc2O1. The number of unbranched alkanes of at least 4 members (excludes halogenated alkanes) is 1. The molecule has 0 saturated carbocycles. The Bertz CT molecular complexity index is 793. The third-order valence-corrected chi connectivity index (χ3v) is 4.42. The Balaban J connectivity index is 1.72. The summed E-state index contributed by atoms with van der Waals surface area (Å²) in [5.41, 5.74) is 1.51. The van der Waals surface area contributed by atoms with Gasteiger partial charge in [0.05, 0.1) is 19.4 Å². The second-order valence-electron chi connectivity index (χ2n) is 6.12. The minimum absolute atomic E-state index is 0.231. The van der Waals surface area contributed by atoms with E-state index in [-0.39, 0.29) is 5.91 Å². The molecule has 2 aromatic rings. The van der Waals surface area contributed by atoms with Gasteiger partial charge in [-0.1, -0.05) is 24.9 Å². The number of methoxy groups -OCH3 is 1. The van der Waals surface area contributed by atoms with Gasteiger partial charge in [0, 0.05) is 17.5 Å². The summed E-state index contributed by atoms with van der Waals surface area (Å²) in [4.78, 5) is 12.7. The summed E-state index contributed by atoms with van der Waals surface area (Å²) in [5, 5.41) is 3.53. The number of carbonyl (C=O) groups is 1. The van der Waals surface area contributed by atoms with Crippen LogP contribution in [-0.2, 0) is 11.2 Å². The first-order valence-corrected chi connectivity index (χ1v) is 9.05. The third kappa shape index (κ3) is 4.22. The summed E-state index contributed by atoms with van der Waals surface area (Å²) in [6.45, 7) is 2.69. The van der Waals surface area contributed by atoms with Crippen LogP contribution in [0.3, 0.4) is 0 Å². The molecule has 5 nitrogen and oxygen atoms in total. The molecule has 0 saturated heterocycles. The van der Waals surface area contributed by atoms with Crippen LogP contribution in [0.2, 0.25) is 5.02 Å². The molecule has 3 rings (SSSR count). The van der Waals surface area contributed by atoms with Gasteiger partial charge in [-0.3, -0.25) is 4.79 Å². The number of nitrogens with one attached hydrogen (secondary N) is 1. The van der Waals surface area contributed by atoms with Crippen LogP contribution in [0.5, 0.6) is 17.2 Å². The van der Waals surface area contributed by atoms with Gasteiger partial charge in [0.15, 0.2) is 6.10 Å². The fourth-order valence-corrected chi connectivity index (χ4v) is 2.96. The molecule has 26 heavy (non-hydrogen) atoms. The van der Waals surface area contributed by atoms with Gasteiger partial charge in [0.2, 0.25) is 0 Å². The van der Waals surface area contributed by atoms with Gasteiger partial charge in [-0.2, -0.15) is 0 Å². The number of anilines is 1. The van der Waals surface area contributed by atoms with E-state index < -0.39 is 6.10 Å². The van der Waals surface area contributed by atoms with E-state index in [1.807, 2.05) is 6.07 Å². The Kier molecular flexibility index (Phi) is 5.89. The van der Waals surface area contributed by atoms with Crippen molar-refractivity contribution in [3.8, 4) is 17.2 Å². The van der Waals surface area contributed by atoms with Gasteiger partial charge in [-0.15, -0.1) is 0 Å².